The maximum atomic E-state index is 6.06. The molecule has 0 N–H and O–H groups in total. The Balaban J connectivity index is 1.83. The van der Waals surface area contributed by atoms with E-state index in [-0.39, 0.29) is 0 Å². The van der Waals surface area contributed by atoms with E-state index in [4.69, 9.17) is 23.2 Å². The predicted molar refractivity (Wildman–Crippen MR) is 123 cm³/mol. The highest BCUT2D eigenvalue weighted by Gasteiger charge is 2.10. The average Bonchev–Trinajstić information content (AvgIpc) is 3.17. The summed E-state index contributed by atoms with van der Waals surface area (Å²) in [7, 11) is 0. The third-order valence-corrected chi connectivity index (χ3v) is 5.73. The summed E-state index contributed by atoms with van der Waals surface area (Å²) in [6, 6.07) is 25.5. The van der Waals surface area contributed by atoms with E-state index in [2.05, 4.69) is 32.3 Å². The summed E-state index contributed by atoms with van der Waals surface area (Å²) in [5.74, 6) is 0. The maximum absolute atomic E-state index is 6.06. The SMILES string of the molecule is C/C(=N/N=c1\scc(-c2ccc(Cl)cc2)n1-c1ccccc1)c1ccc(Cl)cc1. The molecule has 0 saturated carbocycles. The van der Waals surface area contributed by atoms with Gasteiger partial charge in [0.15, 0.2) is 0 Å². The van der Waals surface area contributed by atoms with Crippen molar-refractivity contribution in [2.75, 3.05) is 0 Å². The van der Waals surface area contributed by atoms with Crippen LogP contribution in [0.3, 0.4) is 0 Å². The van der Waals surface area contributed by atoms with Gasteiger partial charge in [0.25, 0.3) is 0 Å². The van der Waals surface area contributed by atoms with E-state index in [0.717, 1.165) is 33.0 Å². The Morgan fingerprint density at radius 2 is 1.45 bits per heavy atom. The summed E-state index contributed by atoms with van der Waals surface area (Å²) < 4.78 is 2.10. The molecule has 4 aromatic rings. The summed E-state index contributed by atoms with van der Waals surface area (Å²) >= 11 is 13.6. The van der Waals surface area contributed by atoms with Crippen LogP contribution in [0.15, 0.2) is 94.4 Å². The molecule has 0 bridgehead atoms. The van der Waals surface area contributed by atoms with Gasteiger partial charge < -0.3 is 0 Å². The first-order chi connectivity index (χ1) is 14.1. The topological polar surface area (TPSA) is 29.6 Å². The Hall–Kier alpha value is -2.66. The lowest BCUT2D eigenvalue weighted by atomic mass is 10.1. The molecule has 0 aliphatic heterocycles. The molecule has 4 rings (SSSR count). The quantitative estimate of drug-likeness (QED) is 0.247. The fourth-order valence-corrected chi connectivity index (χ4v) is 4.00. The van der Waals surface area contributed by atoms with Crippen molar-refractivity contribution in [3.8, 4) is 16.9 Å². The van der Waals surface area contributed by atoms with Gasteiger partial charge in [-0.15, -0.1) is 16.4 Å². The number of nitrogens with zero attached hydrogens (tertiary/aromatic N) is 3. The minimum Gasteiger partial charge on any atom is -0.284 e. The number of thiazole rings is 1. The first-order valence-corrected chi connectivity index (χ1v) is 10.6. The van der Waals surface area contributed by atoms with Crippen molar-refractivity contribution in [1.82, 2.24) is 4.57 Å². The minimum atomic E-state index is 0.700. The van der Waals surface area contributed by atoms with E-state index in [1.54, 1.807) is 11.3 Å². The number of para-hydroxylation sites is 1. The molecule has 0 atom stereocenters. The molecule has 0 unspecified atom stereocenters. The van der Waals surface area contributed by atoms with Gasteiger partial charge in [-0.1, -0.05) is 65.7 Å². The molecule has 3 nitrogen and oxygen atoms in total. The monoisotopic (exact) mass is 437 g/mol. The molecule has 0 fully saturated rings. The lowest BCUT2D eigenvalue weighted by Gasteiger charge is -2.09. The van der Waals surface area contributed by atoms with E-state index < -0.39 is 0 Å². The fourth-order valence-electron chi connectivity index (χ4n) is 2.90. The lowest BCUT2D eigenvalue weighted by Crippen LogP contribution is -2.13. The molecular formula is C23H17Cl2N3S. The van der Waals surface area contributed by atoms with Crippen molar-refractivity contribution in [3.05, 3.63) is 105 Å². The number of hydrogen-bond acceptors (Lipinski definition) is 3. The Labute approximate surface area is 183 Å². The molecule has 0 amide bonds. The largest absolute Gasteiger partial charge is 0.284 e. The highest BCUT2D eigenvalue weighted by Crippen LogP contribution is 2.25. The van der Waals surface area contributed by atoms with Crippen LogP contribution >= 0.6 is 34.5 Å². The highest BCUT2D eigenvalue weighted by molar-refractivity contribution is 7.07. The van der Waals surface area contributed by atoms with Crippen LogP contribution < -0.4 is 4.80 Å². The van der Waals surface area contributed by atoms with Crippen molar-refractivity contribution in [2.45, 2.75) is 6.92 Å². The summed E-state index contributed by atoms with van der Waals surface area (Å²) in [6.07, 6.45) is 0. The van der Waals surface area contributed by atoms with Gasteiger partial charge in [-0.3, -0.25) is 4.57 Å². The molecule has 6 heteroatoms. The van der Waals surface area contributed by atoms with Crippen molar-refractivity contribution in [2.24, 2.45) is 10.2 Å². The van der Waals surface area contributed by atoms with Gasteiger partial charge in [-0.25, -0.2) is 0 Å². The predicted octanol–water partition coefficient (Wildman–Crippen LogP) is 6.84. The number of halogens is 2. The molecule has 0 spiro atoms. The first kappa shape index (κ1) is 19.6. The van der Waals surface area contributed by atoms with Gasteiger partial charge in [0.2, 0.25) is 4.80 Å². The maximum Gasteiger partial charge on any atom is 0.215 e. The summed E-state index contributed by atoms with van der Waals surface area (Å²) in [5.41, 5.74) is 4.93. The van der Waals surface area contributed by atoms with Crippen LogP contribution in [0.5, 0.6) is 0 Å². The van der Waals surface area contributed by atoms with E-state index in [0.29, 0.717) is 10.0 Å². The van der Waals surface area contributed by atoms with Gasteiger partial charge in [0.05, 0.1) is 11.4 Å². The average molecular weight is 438 g/mol. The smallest absolute Gasteiger partial charge is 0.215 e. The number of benzene rings is 3. The number of aromatic nitrogens is 1. The fraction of sp³-hybridized carbons (Fsp3) is 0.0435. The van der Waals surface area contributed by atoms with E-state index in [1.165, 1.54) is 0 Å². The molecule has 0 saturated heterocycles. The number of hydrogen-bond donors (Lipinski definition) is 0. The van der Waals surface area contributed by atoms with Gasteiger partial charge in [-0.05, 0) is 54.4 Å². The molecule has 0 radical (unpaired) electrons. The van der Waals surface area contributed by atoms with Crippen molar-refractivity contribution in [3.63, 3.8) is 0 Å². The molecule has 144 valence electrons. The van der Waals surface area contributed by atoms with Crippen LogP contribution in [0, 0.1) is 0 Å². The zero-order chi connectivity index (χ0) is 20.2. The van der Waals surface area contributed by atoms with Gasteiger partial charge in [0.1, 0.15) is 0 Å². The first-order valence-electron chi connectivity index (χ1n) is 8.98. The zero-order valence-electron chi connectivity index (χ0n) is 15.6. The number of rotatable bonds is 4. The Bertz CT molecular complexity index is 1210. The Morgan fingerprint density at radius 3 is 2.10 bits per heavy atom. The second-order valence-electron chi connectivity index (χ2n) is 6.37. The molecule has 0 aliphatic rings. The van der Waals surface area contributed by atoms with Gasteiger partial charge >= 0.3 is 0 Å². The van der Waals surface area contributed by atoms with Crippen LogP contribution in [0.25, 0.3) is 16.9 Å². The van der Waals surface area contributed by atoms with Crippen molar-refractivity contribution in [1.29, 1.82) is 0 Å². The van der Waals surface area contributed by atoms with Crippen LogP contribution in [-0.2, 0) is 0 Å². The van der Waals surface area contributed by atoms with E-state index in [1.807, 2.05) is 73.7 Å². The van der Waals surface area contributed by atoms with Gasteiger partial charge in [0, 0.05) is 21.1 Å². The van der Waals surface area contributed by atoms with Crippen molar-refractivity contribution < 1.29 is 0 Å². The Morgan fingerprint density at radius 1 is 0.828 bits per heavy atom. The summed E-state index contributed by atoms with van der Waals surface area (Å²) in [6.45, 7) is 1.94. The van der Waals surface area contributed by atoms with Crippen LogP contribution in [-0.4, -0.2) is 10.3 Å². The van der Waals surface area contributed by atoms with E-state index >= 15 is 0 Å². The standard InChI is InChI=1S/C23H17Cl2N3S/c1-16(17-7-11-19(24)12-8-17)26-27-23-28(21-5-3-2-4-6-21)22(15-29-23)18-9-13-20(25)14-10-18/h2-15H,1H3/b26-16-,27-23-. The second kappa shape index (κ2) is 8.78. The third-order valence-electron chi connectivity index (χ3n) is 4.41. The van der Waals surface area contributed by atoms with Gasteiger partial charge in [-0.2, -0.15) is 5.10 Å². The zero-order valence-corrected chi connectivity index (χ0v) is 17.9. The minimum absolute atomic E-state index is 0.700. The van der Waals surface area contributed by atoms with Crippen LogP contribution in [0.1, 0.15) is 12.5 Å². The normalized spacial score (nSPS) is 12.4. The molecule has 0 aliphatic carbocycles. The third kappa shape index (κ3) is 4.51. The molecule has 29 heavy (non-hydrogen) atoms. The van der Waals surface area contributed by atoms with E-state index in [9.17, 15) is 0 Å². The molecule has 1 heterocycles. The lowest BCUT2D eigenvalue weighted by molar-refractivity contribution is 0.970. The molecule has 1 aromatic heterocycles. The highest BCUT2D eigenvalue weighted by atomic mass is 35.5. The molecule has 3 aromatic carbocycles. The summed E-state index contributed by atoms with van der Waals surface area (Å²) in [5, 5.41) is 12.5. The van der Waals surface area contributed by atoms with Crippen molar-refractivity contribution >= 4 is 40.3 Å². The second-order valence-corrected chi connectivity index (χ2v) is 8.08. The van der Waals surface area contributed by atoms with Crippen LogP contribution in [0.4, 0.5) is 0 Å². The Kier molecular flexibility index (Phi) is 5.95. The van der Waals surface area contributed by atoms with Crippen LogP contribution in [0.2, 0.25) is 10.0 Å². The summed E-state index contributed by atoms with van der Waals surface area (Å²) in [4.78, 5) is 0.787. The molecular weight excluding hydrogens is 421 g/mol.